The molecule has 4 aromatic rings. The van der Waals surface area contributed by atoms with Crippen molar-refractivity contribution in [3.63, 3.8) is 0 Å². The molecule has 3 aromatic carbocycles. The molecule has 0 saturated heterocycles. The van der Waals surface area contributed by atoms with Gasteiger partial charge in [0.2, 0.25) is 0 Å². The van der Waals surface area contributed by atoms with Crippen LogP contribution < -0.4 is 15.8 Å². The summed E-state index contributed by atoms with van der Waals surface area (Å²) in [7, 11) is 0. The van der Waals surface area contributed by atoms with Crippen LogP contribution in [0.25, 0.3) is 16.9 Å². The summed E-state index contributed by atoms with van der Waals surface area (Å²) < 4.78 is 8.40. The van der Waals surface area contributed by atoms with Gasteiger partial charge in [-0.3, -0.25) is 4.90 Å². The molecular weight excluding hydrogens is 510 g/mol. The molecule has 1 aliphatic heterocycles. The number of para-hydroxylation sites is 1. The molecule has 7 heteroatoms. The Morgan fingerprint density at radius 1 is 1.02 bits per heavy atom. The number of rotatable bonds is 9. The lowest BCUT2D eigenvalue weighted by Crippen LogP contribution is -2.30. The van der Waals surface area contributed by atoms with E-state index in [9.17, 15) is 4.79 Å². The van der Waals surface area contributed by atoms with Crippen LogP contribution in [0.5, 0.6) is 5.75 Å². The van der Waals surface area contributed by atoms with Crippen LogP contribution in [-0.2, 0) is 19.5 Å². The number of aryl methyl sites for hydroxylation is 1. The van der Waals surface area contributed by atoms with E-state index in [0.717, 1.165) is 60.0 Å². The second-order valence-corrected chi connectivity index (χ2v) is 11.7. The van der Waals surface area contributed by atoms with Crippen molar-refractivity contribution in [3.05, 3.63) is 94.7 Å². The molecule has 0 aliphatic carbocycles. The average molecular weight is 552 g/mol. The van der Waals surface area contributed by atoms with E-state index in [0.29, 0.717) is 24.1 Å². The predicted octanol–water partition coefficient (Wildman–Crippen LogP) is 7.05. The number of carbonyl (C=O) groups excluding carboxylic acids is 1. The van der Waals surface area contributed by atoms with E-state index >= 15 is 0 Å². The summed E-state index contributed by atoms with van der Waals surface area (Å²) in [5, 5.41) is 7.89. The minimum Gasteiger partial charge on any atom is -0.491 e. The maximum Gasteiger partial charge on any atom is 0.316 e. The number of nitrogens with zero attached hydrogens (tertiary/aromatic N) is 3. The molecule has 0 saturated carbocycles. The van der Waals surface area contributed by atoms with E-state index in [1.165, 1.54) is 16.7 Å². The van der Waals surface area contributed by atoms with Crippen molar-refractivity contribution in [2.75, 3.05) is 18.5 Å². The zero-order valence-electron chi connectivity index (χ0n) is 24.8. The Balaban J connectivity index is 1.59. The highest BCUT2D eigenvalue weighted by Gasteiger charge is 2.28. The molecule has 41 heavy (non-hydrogen) atoms. The molecule has 0 bridgehead atoms. The fraction of sp³-hybridized carbons (Fsp3) is 0.353. The highest BCUT2D eigenvalue weighted by molar-refractivity contribution is 5.88. The third kappa shape index (κ3) is 6.30. The number of ether oxygens (including phenoxy) is 1. The molecule has 3 N–H and O–H groups in total. The zero-order chi connectivity index (χ0) is 29.1. The lowest BCUT2D eigenvalue weighted by atomic mass is 9.95. The van der Waals surface area contributed by atoms with Gasteiger partial charge in [-0.15, -0.1) is 0 Å². The second-order valence-electron chi connectivity index (χ2n) is 11.7. The number of aromatic nitrogens is 2. The van der Waals surface area contributed by atoms with Gasteiger partial charge in [0.25, 0.3) is 0 Å². The summed E-state index contributed by atoms with van der Waals surface area (Å²) in [5.41, 5.74) is 15.3. The van der Waals surface area contributed by atoms with E-state index in [1.807, 2.05) is 36.4 Å². The maximum atomic E-state index is 11.4. The zero-order valence-corrected chi connectivity index (χ0v) is 24.8. The molecule has 0 fully saturated rings. The molecule has 0 radical (unpaired) electrons. The molecular formula is C34H41N5O2. The monoisotopic (exact) mass is 551 g/mol. The number of carbonyl (C=O) groups is 1. The topological polar surface area (TPSA) is 85.4 Å². The first-order valence-electron chi connectivity index (χ1n) is 14.5. The Hall–Kier alpha value is -4.10. The number of fused-ring (bicyclic) bond motifs is 1. The van der Waals surface area contributed by atoms with E-state index in [-0.39, 0.29) is 0 Å². The minimum atomic E-state index is -0.579. The number of benzene rings is 3. The number of amides is 2. The van der Waals surface area contributed by atoms with Crippen LogP contribution >= 0.6 is 0 Å². The normalized spacial score (nSPS) is 13.4. The van der Waals surface area contributed by atoms with Gasteiger partial charge in [0.15, 0.2) is 0 Å². The van der Waals surface area contributed by atoms with Crippen LogP contribution in [0.4, 0.5) is 10.5 Å². The maximum absolute atomic E-state index is 11.4. The average Bonchev–Trinajstić information content (AvgIpc) is 3.30. The second kappa shape index (κ2) is 12.2. The SMILES string of the molecule is Cc1cccc(OCC(C)C)c1-n1nc2c(c1-c1ccc(NC(N)=O)cc1)CN(Cc1ccccc1C(C)C)CC2. The van der Waals surface area contributed by atoms with E-state index < -0.39 is 6.03 Å². The summed E-state index contributed by atoms with van der Waals surface area (Å²) in [4.78, 5) is 14.0. The smallest absolute Gasteiger partial charge is 0.316 e. The van der Waals surface area contributed by atoms with Crippen LogP contribution in [0.3, 0.4) is 0 Å². The van der Waals surface area contributed by atoms with Crippen molar-refractivity contribution in [2.45, 2.75) is 60.0 Å². The summed E-state index contributed by atoms with van der Waals surface area (Å²) in [6.45, 7) is 14.2. The number of nitrogens with one attached hydrogen (secondary N) is 1. The highest BCUT2D eigenvalue weighted by Crippen LogP contribution is 2.37. The van der Waals surface area contributed by atoms with E-state index in [4.69, 9.17) is 15.6 Å². The first-order valence-corrected chi connectivity index (χ1v) is 14.5. The van der Waals surface area contributed by atoms with Crippen LogP contribution in [0.1, 0.15) is 61.6 Å². The van der Waals surface area contributed by atoms with Crippen molar-refractivity contribution < 1.29 is 9.53 Å². The standard InChI is InChI=1S/C34H41N5O2/c1-22(2)21-41-31-12-8-9-24(5)32(31)39-33(25-13-15-27(16-14-25)36-34(35)40)29-20-38(18-17-30(29)37-39)19-26-10-6-7-11-28(26)23(3)4/h6-16,22-23H,17-21H2,1-5H3,(H3,35,36,40). The molecule has 5 rings (SSSR count). The third-order valence-corrected chi connectivity index (χ3v) is 7.59. The summed E-state index contributed by atoms with van der Waals surface area (Å²) in [6, 6.07) is 22.2. The first-order chi connectivity index (χ1) is 19.7. The molecule has 1 aromatic heterocycles. The molecule has 0 spiro atoms. The molecule has 2 heterocycles. The Morgan fingerprint density at radius 3 is 2.49 bits per heavy atom. The highest BCUT2D eigenvalue weighted by atomic mass is 16.5. The van der Waals surface area contributed by atoms with Crippen LogP contribution in [0.15, 0.2) is 66.7 Å². The largest absolute Gasteiger partial charge is 0.491 e. The Morgan fingerprint density at radius 2 is 1.78 bits per heavy atom. The number of nitrogens with two attached hydrogens (primary N) is 1. The molecule has 7 nitrogen and oxygen atoms in total. The van der Waals surface area contributed by atoms with Gasteiger partial charge in [0.1, 0.15) is 11.4 Å². The predicted molar refractivity (Wildman–Crippen MR) is 166 cm³/mol. The van der Waals surface area contributed by atoms with Gasteiger partial charge < -0.3 is 15.8 Å². The van der Waals surface area contributed by atoms with Crippen molar-refractivity contribution in [1.82, 2.24) is 14.7 Å². The fourth-order valence-electron chi connectivity index (χ4n) is 5.63. The number of hydrogen-bond donors (Lipinski definition) is 2. The molecule has 2 amide bonds. The summed E-state index contributed by atoms with van der Waals surface area (Å²) in [5.74, 6) is 1.71. The molecule has 214 valence electrons. The fourth-order valence-corrected chi connectivity index (χ4v) is 5.63. The van der Waals surface area contributed by atoms with E-state index in [1.54, 1.807) is 0 Å². The van der Waals surface area contributed by atoms with Crippen molar-refractivity contribution in [3.8, 4) is 22.7 Å². The summed E-state index contributed by atoms with van der Waals surface area (Å²) >= 11 is 0. The van der Waals surface area contributed by atoms with Gasteiger partial charge in [-0.25, -0.2) is 9.48 Å². The Kier molecular flexibility index (Phi) is 8.45. The van der Waals surface area contributed by atoms with Gasteiger partial charge >= 0.3 is 6.03 Å². The van der Waals surface area contributed by atoms with Crippen LogP contribution in [0.2, 0.25) is 0 Å². The summed E-state index contributed by atoms with van der Waals surface area (Å²) in [6.07, 6.45) is 0.870. The Labute approximate surface area is 243 Å². The number of primary amides is 1. The van der Waals surface area contributed by atoms with Crippen molar-refractivity contribution in [1.29, 1.82) is 0 Å². The number of hydrogen-bond acceptors (Lipinski definition) is 4. The first kappa shape index (κ1) is 28.4. The third-order valence-electron chi connectivity index (χ3n) is 7.59. The lowest BCUT2D eigenvalue weighted by molar-refractivity contribution is 0.244. The van der Waals surface area contributed by atoms with Crippen LogP contribution in [-0.4, -0.2) is 33.9 Å². The quantitative estimate of drug-likeness (QED) is 0.233. The van der Waals surface area contributed by atoms with Crippen LogP contribution in [0, 0.1) is 12.8 Å². The van der Waals surface area contributed by atoms with Gasteiger partial charge in [-0.05, 0) is 53.6 Å². The van der Waals surface area contributed by atoms with Crippen molar-refractivity contribution >= 4 is 11.7 Å². The van der Waals surface area contributed by atoms with Gasteiger partial charge in [0.05, 0.1) is 18.0 Å². The molecule has 0 atom stereocenters. The van der Waals surface area contributed by atoms with Gasteiger partial charge in [-0.1, -0.05) is 76.2 Å². The van der Waals surface area contributed by atoms with Gasteiger partial charge in [-0.2, -0.15) is 5.10 Å². The van der Waals surface area contributed by atoms with E-state index in [2.05, 4.69) is 79.8 Å². The lowest BCUT2D eigenvalue weighted by Gasteiger charge is -2.28. The number of anilines is 1. The number of urea groups is 1. The molecule has 0 unspecified atom stereocenters. The molecule has 1 aliphatic rings. The van der Waals surface area contributed by atoms with Gasteiger partial charge in [0, 0.05) is 42.9 Å². The minimum absolute atomic E-state index is 0.404. The van der Waals surface area contributed by atoms with Crippen molar-refractivity contribution in [2.24, 2.45) is 11.7 Å². The Bertz CT molecular complexity index is 1520.